The van der Waals surface area contributed by atoms with E-state index in [4.69, 9.17) is 9.88 Å². The molecule has 4 N–H and O–H groups in total. The SMILES string of the molecule is C=CCOc1cccc(C[NH2+]CCc2ccc(S(N)(=O)=O)cc2)c1. The average molecular weight is 347 g/mol. The van der Waals surface area contributed by atoms with Crippen LogP contribution in [0.5, 0.6) is 5.75 Å². The lowest BCUT2D eigenvalue weighted by atomic mass is 10.1. The van der Waals surface area contributed by atoms with Gasteiger partial charge < -0.3 is 10.1 Å². The predicted octanol–water partition coefficient (Wildman–Crippen LogP) is 1.20. The van der Waals surface area contributed by atoms with Gasteiger partial charge in [0, 0.05) is 12.0 Å². The fourth-order valence-electron chi connectivity index (χ4n) is 2.30. The van der Waals surface area contributed by atoms with E-state index in [0.29, 0.717) is 6.61 Å². The number of hydrogen-bond donors (Lipinski definition) is 2. The largest absolute Gasteiger partial charge is 0.490 e. The predicted molar refractivity (Wildman–Crippen MR) is 94.1 cm³/mol. The molecule has 5 nitrogen and oxygen atoms in total. The zero-order valence-corrected chi connectivity index (χ0v) is 14.3. The van der Waals surface area contributed by atoms with Gasteiger partial charge in [-0.1, -0.05) is 36.9 Å². The molecule has 128 valence electrons. The summed E-state index contributed by atoms with van der Waals surface area (Å²) in [5.41, 5.74) is 2.28. The van der Waals surface area contributed by atoms with Gasteiger partial charge in [-0.15, -0.1) is 0 Å². The van der Waals surface area contributed by atoms with E-state index in [1.54, 1.807) is 30.3 Å². The molecule has 0 saturated heterocycles. The van der Waals surface area contributed by atoms with Gasteiger partial charge in [0.1, 0.15) is 18.9 Å². The lowest BCUT2D eigenvalue weighted by Crippen LogP contribution is -2.83. The fraction of sp³-hybridized carbons (Fsp3) is 0.222. The quantitative estimate of drug-likeness (QED) is 0.528. The standard InChI is InChI=1S/C18H22N2O3S/c1-2-12-23-17-5-3-4-16(13-17)14-20-11-10-15-6-8-18(9-7-15)24(19,21)22/h2-9,13,20H,1,10-12,14H2,(H2,19,21,22)/p+1. The first-order valence-corrected chi connectivity index (χ1v) is 9.30. The van der Waals surface area contributed by atoms with E-state index >= 15 is 0 Å². The third kappa shape index (κ3) is 5.81. The fourth-order valence-corrected chi connectivity index (χ4v) is 2.82. The van der Waals surface area contributed by atoms with Crippen LogP contribution in [-0.4, -0.2) is 21.6 Å². The highest BCUT2D eigenvalue weighted by molar-refractivity contribution is 7.89. The van der Waals surface area contributed by atoms with Gasteiger partial charge in [-0.05, 0) is 29.8 Å². The molecule has 2 rings (SSSR count). The molecule has 0 atom stereocenters. The van der Waals surface area contributed by atoms with Gasteiger partial charge in [-0.2, -0.15) is 0 Å². The van der Waals surface area contributed by atoms with Crippen molar-refractivity contribution in [3.63, 3.8) is 0 Å². The highest BCUT2D eigenvalue weighted by Crippen LogP contribution is 2.12. The van der Waals surface area contributed by atoms with Gasteiger partial charge in [0.05, 0.1) is 11.4 Å². The summed E-state index contributed by atoms with van der Waals surface area (Å²) < 4.78 is 27.9. The molecule has 0 aromatic heterocycles. The van der Waals surface area contributed by atoms with E-state index in [9.17, 15) is 8.42 Å². The molecular formula is C18H23N2O3S+. The molecule has 0 bridgehead atoms. The second kappa shape index (κ2) is 8.63. The number of ether oxygens (including phenoxy) is 1. The van der Waals surface area contributed by atoms with Crippen molar-refractivity contribution < 1.29 is 18.5 Å². The van der Waals surface area contributed by atoms with Gasteiger partial charge >= 0.3 is 0 Å². The normalized spacial score (nSPS) is 11.2. The minimum absolute atomic E-state index is 0.145. The van der Waals surface area contributed by atoms with Crippen LogP contribution in [0.1, 0.15) is 11.1 Å². The van der Waals surface area contributed by atoms with E-state index in [2.05, 4.69) is 18.0 Å². The van der Waals surface area contributed by atoms with Crippen molar-refractivity contribution in [2.45, 2.75) is 17.9 Å². The summed E-state index contributed by atoms with van der Waals surface area (Å²) in [5, 5.41) is 7.29. The Morgan fingerprint density at radius 1 is 1.12 bits per heavy atom. The minimum atomic E-state index is -3.62. The molecule has 0 unspecified atom stereocenters. The lowest BCUT2D eigenvalue weighted by molar-refractivity contribution is -0.670. The average Bonchev–Trinajstić information content (AvgIpc) is 2.57. The van der Waals surface area contributed by atoms with Crippen LogP contribution in [0.2, 0.25) is 0 Å². The Morgan fingerprint density at radius 2 is 1.88 bits per heavy atom. The van der Waals surface area contributed by atoms with Gasteiger partial charge in [0.25, 0.3) is 0 Å². The Bertz CT molecular complexity index is 771. The van der Waals surface area contributed by atoms with Crippen molar-refractivity contribution in [2.75, 3.05) is 13.2 Å². The maximum absolute atomic E-state index is 11.2. The first-order valence-electron chi connectivity index (χ1n) is 7.75. The number of quaternary nitrogens is 1. The maximum Gasteiger partial charge on any atom is 0.238 e. The van der Waals surface area contributed by atoms with Gasteiger partial charge in [0.15, 0.2) is 0 Å². The Morgan fingerprint density at radius 3 is 2.54 bits per heavy atom. The van der Waals surface area contributed by atoms with Gasteiger partial charge in [-0.25, -0.2) is 13.6 Å². The molecule has 0 spiro atoms. The smallest absolute Gasteiger partial charge is 0.238 e. The Kier molecular flexibility index (Phi) is 6.54. The third-order valence-electron chi connectivity index (χ3n) is 3.54. The zero-order chi connectivity index (χ0) is 17.4. The molecule has 2 aromatic carbocycles. The van der Waals surface area contributed by atoms with Crippen LogP contribution in [0.4, 0.5) is 0 Å². The minimum Gasteiger partial charge on any atom is -0.490 e. The van der Waals surface area contributed by atoms with Crippen LogP contribution in [0, 0.1) is 0 Å². The van der Waals surface area contributed by atoms with E-state index in [0.717, 1.165) is 30.8 Å². The molecule has 0 saturated carbocycles. The van der Waals surface area contributed by atoms with Crippen LogP contribution in [0.15, 0.2) is 66.1 Å². The second-order valence-electron chi connectivity index (χ2n) is 5.47. The van der Waals surface area contributed by atoms with Crippen LogP contribution in [0.25, 0.3) is 0 Å². The first-order chi connectivity index (χ1) is 11.5. The Hall–Kier alpha value is -2.15. The van der Waals surface area contributed by atoms with Crippen LogP contribution < -0.4 is 15.2 Å². The monoisotopic (exact) mass is 347 g/mol. The lowest BCUT2D eigenvalue weighted by Gasteiger charge is -2.06. The molecule has 0 heterocycles. The summed E-state index contributed by atoms with van der Waals surface area (Å²) in [7, 11) is -3.62. The van der Waals surface area contributed by atoms with Crippen molar-refractivity contribution in [2.24, 2.45) is 5.14 Å². The van der Waals surface area contributed by atoms with Crippen molar-refractivity contribution in [3.8, 4) is 5.75 Å². The summed E-state index contributed by atoms with van der Waals surface area (Å²) in [6, 6.07) is 14.7. The molecule has 24 heavy (non-hydrogen) atoms. The van der Waals surface area contributed by atoms with Crippen molar-refractivity contribution >= 4 is 10.0 Å². The van der Waals surface area contributed by atoms with Crippen molar-refractivity contribution in [1.29, 1.82) is 0 Å². The maximum atomic E-state index is 11.2. The summed E-state index contributed by atoms with van der Waals surface area (Å²) >= 11 is 0. The molecule has 6 heteroatoms. The molecule has 0 fully saturated rings. The Balaban J connectivity index is 1.79. The third-order valence-corrected chi connectivity index (χ3v) is 4.46. The molecule has 0 radical (unpaired) electrons. The highest BCUT2D eigenvalue weighted by atomic mass is 32.2. The number of benzene rings is 2. The van der Waals surface area contributed by atoms with Crippen LogP contribution in [0.3, 0.4) is 0 Å². The molecule has 0 aliphatic carbocycles. The van der Waals surface area contributed by atoms with Gasteiger partial charge in [-0.3, -0.25) is 0 Å². The van der Waals surface area contributed by atoms with E-state index in [-0.39, 0.29) is 4.90 Å². The van der Waals surface area contributed by atoms with Crippen molar-refractivity contribution in [3.05, 3.63) is 72.3 Å². The van der Waals surface area contributed by atoms with E-state index in [1.807, 2.05) is 18.2 Å². The van der Waals surface area contributed by atoms with Crippen LogP contribution in [-0.2, 0) is 23.0 Å². The second-order valence-corrected chi connectivity index (χ2v) is 7.03. The summed E-state index contributed by atoms with van der Waals surface area (Å²) in [6.07, 6.45) is 2.58. The van der Waals surface area contributed by atoms with Crippen molar-refractivity contribution in [1.82, 2.24) is 0 Å². The molecule has 0 aliphatic heterocycles. The first kappa shape index (κ1) is 18.2. The van der Waals surface area contributed by atoms with E-state index in [1.165, 1.54) is 5.56 Å². The number of nitrogens with two attached hydrogens (primary N) is 2. The summed E-state index contributed by atoms with van der Waals surface area (Å²) in [5.74, 6) is 0.847. The van der Waals surface area contributed by atoms with Crippen LogP contribution >= 0.6 is 0 Å². The van der Waals surface area contributed by atoms with E-state index < -0.39 is 10.0 Å². The number of sulfonamides is 1. The summed E-state index contributed by atoms with van der Waals surface area (Å²) in [4.78, 5) is 0.145. The zero-order valence-electron chi connectivity index (χ0n) is 13.5. The number of rotatable bonds is 9. The Labute approximate surface area is 143 Å². The molecule has 0 amide bonds. The molecular weight excluding hydrogens is 324 g/mol. The number of primary sulfonamides is 1. The summed E-state index contributed by atoms with van der Waals surface area (Å²) in [6.45, 7) is 5.91. The number of hydrogen-bond acceptors (Lipinski definition) is 3. The topological polar surface area (TPSA) is 86.0 Å². The molecule has 2 aromatic rings. The molecule has 0 aliphatic rings. The highest BCUT2D eigenvalue weighted by Gasteiger charge is 2.06. The van der Waals surface area contributed by atoms with Gasteiger partial charge in [0.2, 0.25) is 10.0 Å².